The fraction of sp³-hybridized carbons (Fsp3) is 0.300. The first-order valence-electron chi connectivity index (χ1n) is 4.85. The maximum Gasteiger partial charge on any atom is 0.358 e. The van der Waals surface area contributed by atoms with E-state index in [-0.39, 0.29) is 6.03 Å². The fourth-order valence-electron chi connectivity index (χ4n) is 1.26. The highest BCUT2D eigenvalue weighted by Gasteiger charge is 2.17. The van der Waals surface area contributed by atoms with Gasteiger partial charge in [0.1, 0.15) is 0 Å². The Morgan fingerprint density at radius 2 is 2.44 bits per heavy atom. The Bertz CT molecular complexity index is 463. The zero-order valence-corrected chi connectivity index (χ0v) is 9.91. The zero-order chi connectivity index (χ0) is 11.5. The second-order valence-electron chi connectivity index (χ2n) is 3.53. The Morgan fingerprint density at radius 1 is 1.62 bits per heavy atom. The van der Waals surface area contributed by atoms with Crippen molar-refractivity contribution in [1.82, 2.24) is 10.4 Å². The highest BCUT2D eigenvalue weighted by atomic mass is 32.1. The Labute approximate surface area is 97.5 Å². The van der Waals surface area contributed by atoms with E-state index in [4.69, 9.17) is 0 Å². The molecule has 2 rings (SSSR count). The summed E-state index contributed by atoms with van der Waals surface area (Å²) in [5.41, 5.74) is 4.39. The van der Waals surface area contributed by atoms with E-state index in [2.05, 4.69) is 15.6 Å². The summed E-state index contributed by atoms with van der Waals surface area (Å²) in [5.74, 6) is 0. The molecule has 0 unspecified atom stereocenters. The van der Waals surface area contributed by atoms with Gasteiger partial charge >= 0.3 is 6.03 Å². The van der Waals surface area contributed by atoms with Crippen molar-refractivity contribution >= 4 is 29.3 Å². The molecule has 1 aromatic rings. The van der Waals surface area contributed by atoms with E-state index in [0.29, 0.717) is 6.54 Å². The summed E-state index contributed by atoms with van der Waals surface area (Å²) in [7, 11) is 0. The van der Waals surface area contributed by atoms with Gasteiger partial charge in [-0.3, -0.25) is 0 Å². The van der Waals surface area contributed by atoms with Crippen LogP contribution in [0.5, 0.6) is 0 Å². The maximum atomic E-state index is 11.4. The molecule has 0 saturated heterocycles. The number of amides is 2. The van der Waals surface area contributed by atoms with Gasteiger partial charge in [0.25, 0.3) is 0 Å². The van der Waals surface area contributed by atoms with Crippen molar-refractivity contribution in [2.75, 3.05) is 6.54 Å². The van der Waals surface area contributed by atoms with Gasteiger partial charge in [-0.05, 0) is 30.9 Å². The number of carbonyl (C=O) groups excluding carboxylic acids is 1. The third kappa shape index (κ3) is 2.27. The summed E-state index contributed by atoms with van der Waals surface area (Å²) in [6.45, 7) is 4.30. The molecule has 1 aromatic heterocycles. The van der Waals surface area contributed by atoms with Crippen molar-refractivity contribution in [3.63, 3.8) is 0 Å². The molecule has 16 heavy (non-hydrogen) atoms. The molecular formula is C10H12N4OS. The number of carbonyl (C=O) groups is 1. The minimum Gasteiger partial charge on any atom is -0.245 e. The quantitative estimate of drug-likeness (QED) is 0.782. The van der Waals surface area contributed by atoms with Gasteiger partial charge in [0.2, 0.25) is 0 Å². The lowest BCUT2D eigenvalue weighted by molar-refractivity contribution is 0.204. The number of hydrogen-bond donors (Lipinski definition) is 1. The first-order chi connectivity index (χ1) is 7.66. The average Bonchev–Trinajstić information content (AvgIpc) is 2.66. The normalized spacial score (nSPS) is 16.5. The summed E-state index contributed by atoms with van der Waals surface area (Å²) in [6, 6.07) is 1.73. The molecule has 2 heterocycles. The van der Waals surface area contributed by atoms with Gasteiger partial charge in [-0.1, -0.05) is 0 Å². The lowest BCUT2D eigenvalue weighted by Gasteiger charge is -2.20. The van der Waals surface area contributed by atoms with Gasteiger partial charge in [0.05, 0.1) is 18.5 Å². The first-order valence-corrected chi connectivity index (χ1v) is 5.73. The van der Waals surface area contributed by atoms with Crippen molar-refractivity contribution in [3.05, 3.63) is 21.9 Å². The van der Waals surface area contributed by atoms with E-state index in [1.807, 2.05) is 25.3 Å². The molecule has 0 saturated carbocycles. The van der Waals surface area contributed by atoms with Crippen molar-refractivity contribution in [3.8, 4) is 0 Å². The van der Waals surface area contributed by atoms with Crippen LogP contribution in [0.4, 0.5) is 4.79 Å². The monoisotopic (exact) mass is 236 g/mol. The number of hydrogen-bond acceptors (Lipinski definition) is 4. The molecule has 0 bridgehead atoms. The minimum atomic E-state index is -0.295. The van der Waals surface area contributed by atoms with Crippen LogP contribution in [0.3, 0.4) is 0 Å². The lowest BCUT2D eigenvalue weighted by atomic mass is 10.3. The Balaban J connectivity index is 2.10. The molecular weight excluding hydrogens is 224 g/mol. The SMILES string of the molecule is CC1=NNC(=O)N(N=Cc2sccc2C)C1. The van der Waals surface area contributed by atoms with E-state index >= 15 is 0 Å². The van der Waals surface area contributed by atoms with Gasteiger partial charge in [-0.25, -0.2) is 15.2 Å². The highest BCUT2D eigenvalue weighted by molar-refractivity contribution is 7.11. The second kappa shape index (κ2) is 4.44. The van der Waals surface area contributed by atoms with Crippen molar-refractivity contribution < 1.29 is 4.79 Å². The van der Waals surface area contributed by atoms with Crippen LogP contribution in [0.2, 0.25) is 0 Å². The Kier molecular flexibility index (Phi) is 3.00. The number of thiophene rings is 1. The van der Waals surface area contributed by atoms with Crippen LogP contribution in [-0.2, 0) is 0 Å². The number of nitrogens with one attached hydrogen (secondary N) is 1. The molecule has 0 atom stereocenters. The van der Waals surface area contributed by atoms with Gasteiger partial charge in [0, 0.05) is 4.88 Å². The molecule has 0 radical (unpaired) electrons. The van der Waals surface area contributed by atoms with E-state index in [0.717, 1.165) is 16.2 Å². The summed E-state index contributed by atoms with van der Waals surface area (Å²) < 4.78 is 0. The molecule has 0 spiro atoms. The maximum absolute atomic E-state index is 11.4. The lowest BCUT2D eigenvalue weighted by Crippen LogP contribution is -2.41. The largest absolute Gasteiger partial charge is 0.358 e. The highest BCUT2D eigenvalue weighted by Crippen LogP contribution is 2.13. The van der Waals surface area contributed by atoms with E-state index in [1.54, 1.807) is 17.6 Å². The molecule has 0 fully saturated rings. The summed E-state index contributed by atoms with van der Waals surface area (Å²) >= 11 is 1.60. The van der Waals surface area contributed by atoms with Crippen LogP contribution >= 0.6 is 11.3 Å². The van der Waals surface area contributed by atoms with Gasteiger partial charge in [-0.2, -0.15) is 10.2 Å². The third-order valence-corrected chi connectivity index (χ3v) is 3.12. The van der Waals surface area contributed by atoms with Gasteiger partial charge < -0.3 is 0 Å². The van der Waals surface area contributed by atoms with E-state index in [1.165, 1.54) is 5.01 Å². The number of aryl methyl sites for hydroxylation is 1. The summed E-state index contributed by atoms with van der Waals surface area (Å²) in [5, 5.41) is 11.3. The Hall–Kier alpha value is -1.69. The van der Waals surface area contributed by atoms with Gasteiger partial charge in [-0.15, -0.1) is 11.3 Å². The van der Waals surface area contributed by atoms with Crippen LogP contribution in [0.15, 0.2) is 21.6 Å². The molecule has 0 aliphatic carbocycles. The molecule has 1 aliphatic rings. The predicted octanol–water partition coefficient (Wildman–Crippen LogP) is 1.79. The predicted molar refractivity (Wildman–Crippen MR) is 65.0 cm³/mol. The van der Waals surface area contributed by atoms with Crippen LogP contribution in [0, 0.1) is 6.92 Å². The molecule has 1 aliphatic heterocycles. The Morgan fingerprint density at radius 3 is 3.12 bits per heavy atom. The van der Waals surface area contributed by atoms with Crippen LogP contribution in [-0.4, -0.2) is 29.5 Å². The molecule has 6 heteroatoms. The third-order valence-electron chi connectivity index (χ3n) is 2.17. The number of nitrogens with zero attached hydrogens (tertiary/aromatic N) is 3. The topological polar surface area (TPSA) is 57.1 Å². The molecule has 2 amide bonds. The number of hydrazone groups is 2. The molecule has 1 N–H and O–H groups in total. The molecule has 0 aromatic carbocycles. The van der Waals surface area contributed by atoms with Crippen LogP contribution in [0.25, 0.3) is 0 Å². The fourth-order valence-corrected chi connectivity index (χ4v) is 2.04. The zero-order valence-electron chi connectivity index (χ0n) is 9.10. The van der Waals surface area contributed by atoms with Crippen LogP contribution in [0.1, 0.15) is 17.4 Å². The summed E-state index contributed by atoms with van der Waals surface area (Å²) in [6.07, 6.45) is 1.71. The average molecular weight is 236 g/mol. The molecule has 84 valence electrons. The van der Waals surface area contributed by atoms with Crippen LogP contribution < -0.4 is 5.43 Å². The number of rotatable bonds is 2. The first kappa shape index (κ1) is 10.8. The van der Waals surface area contributed by atoms with Crippen molar-refractivity contribution in [2.24, 2.45) is 10.2 Å². The van der Waals surface area contributed by atoms with Crippen molar-refractivity contribution in [2.45, 2.75) is 13.8 Å². The van der Waals surface area contributed by atoms with E-state index in [9.17, 15) is 4.79 Å². The van der Waals surface area contributed by atoms with E-state index < -0.39 is 0 Å². The number of urea groups is 1. The van der Waals surface area contributed by atoms with Gasteiger partial charge in [0.15, 0.2) is 0 Å². The minimum absolute atomic E-state index is 0.295. The summed E-state index contributed by atoms with van der Waals surface area (Å²) in [4.78, 5) is 12.4. The molecule has 5 nitrogen and oxygen atoms in total. The smallest absolute Gasteiger partial charge is 0.245 e. The standard InChI is InChI=1S/C10H12N4OS/c1-7-3-4-16-9(7)5-11-14-6-8(2)12-13-10(14)15/h3-5H,6H2,1-2H3,(H,13,15). The second-order valence-corrected chi connectivity index (χ2v) is 4.48. The van der Waals surface area contributed by atoms with Crippen molar-refractivity contribution in [1.29, 1.82) is 0 Å².